The molecule has 24 heavy (non-hydrogen) atoms. The molecule has 2 aliphatic carbocycles. The van der Waals surface area contributed by atoms with Gasteiger partial charge in [-0.1, -0.05) is 47.8 Å². The summed E-state index contributed by atoms with van der Waals surface area (Å²) in [5, 5.41) is 3.18. The van der Waals surface area contributed by atoms with Crippen molar-refractivity contribution in [2.45, 2.75) is 22.3 Å². The molecule has 0 amide bonds. The van der Waals surface area contributed by atoms with E-state index in [1.165, 1.54) is 40.0 Å². The second kappa shape index (κ2) is 4.44. The van der Waals surface area contributed by atoms with Gasteiger partial charge in [-0.05, 0) is 57.3 Å². The van der Waals surface area contributed by atoms with E-state index in [4.69, 9.17) is 0 Å². The zero-order chi connectivity index (χ0) is 16.0. The lowest BCUT2D eigenvalue weighted by Crippen LogP contribution is -2.22. The molecule has 4 heterocycles. The second-order valence-electron chi connectivity index (χ2n) is 6.75. The third-order valence-electron chi connectivity index (χ3n) is 5.48. The van der Waals surface area contributed by atoms with E-state index >= 15 is 0 Å². The summed E-state index contributed by atoms with van der Waals surface area (Å²) in [5.41, 5.74) is 4.85. The molecular formula is C20H12O2S2. The SMILES string of the molecule is O=C1SC2C=CC1c1cc3cc4c(cc3cc12)C1C=CC4C(=O)S1. The monoisotopic (exact) mass is 348 g/mol. The highest BCUT2D eigenvalue weighted by Crippen LogP contribution is 2.53. The maximum absolute atomic E-state index is 12.2. The molecule has 0 aromatic heterocycles. The van der Waals surface area contributed by atoms with Gasteiger partial charge in [-0.25, -0.2) is 0 Å². The van der Waals surface area contributed by atoms with Crippen molar-refractivity contribution in [3.8, 4) is 0 Å². The third-order valence-corrected chi connectivity index (χ3v) is 7.78. The van der Waals surface area contributed by atoms with E-state index in [9.17, 15) is 9.59 Å². The standard InChI is InChI=1S/C20H12O2S2/c21-19-11-1-3-17(23-19)15-7-10-8-16-14(6-9(10)5-13(11)15)12-2-4-18(16)24-20(12)22/h1-8,11-12,17-18H. The average Bonchev–Trinajstić information content (AvgIpc) is 2.59. The Balaban J connectivity index is 1.62. The van der Waals surface area contributed by atoms with E-state index in [2.05, 4.69) is 36.4 Å². The molecule has 0 N–H and O–H groups in total. The summed E-state index contributed by atoms with van der Waals surface area (Å²) in [7, 11) is 0. The van der Waals surface area contributed by atoms with Gasteiger partial charge in [0.05, 0.1) is 22.3 Å². The van der Waals surface area contributed by atoms with Crippen LogP contribution in [0.1, 0.15) is 44.6 Å². The minimum absolute atomic E-state index is 0.107. The molecule has 0 radical (unpaired) electrons. The molecule has 8 rings (SSSR count). The van der Waals surface area contributed by atoms with E-state index in [-0.39, 0.29) is 32.6 Å². The first kappa shape index (κ1) is 13.5. The lowest BCUT2D eigenvalue weighted by Gasteiger charge is -2.34. The Hall–Kier alpha value is -1.78. The van der Waals surface area contributed by atoms with Crippen molar-refractivity contribution in [1.29, 1.82) is 0 Å². The number of carbonyl (C=O) groups excluding carboxylic acids is 2. The van der Waals surface area contributed by atoms with Crippen molar-refractivity contribution < 1.29 is 9.59 Å². The number of benzene rings is 2. The summed E-state index contributed by atoms with van der Waals surface area (Å²) in [6, 6.07) is 8.86. The topological polar surface area (TPSA) is 34.1 Å². The van der Waals surface area contributed by atoms with Crippen molar-refractivity contribution in [1.82, 2.24) is 0 Å². The van der Waals surface area contributed by atoms with Crippen LogP contribution in [0.15, 0.2) is 48.6 Å². The zero-order valence-electron chi connectivity index (χ0n) is 12.6. The number of rotatable bonds is 0. The highest BCUT2D eigenvalue weighted by Gasteiger charge is 2.38. The Morgan fingerprint density at radius 2 is 1.00 bits per heavy atom. The zero-order valence-corrected chi connectivity index (χ0v) is 14.2. The van der Waals surface area contributed by atoms with Crippen LogP contribution in [0.25, 0.3) is 10.8 Å². The number of thioether (sulfide) groups is 2. The molecule has 4 aliphatic heterocycles. The van der Waals surface area contributed by atoms with Gasteiger partial charge >= 0.3 is 0 Å². The molecule has 0 fully saturated rings. The summed E-state index contributed by atoms with van der Waals surface area (Å²) in [5.74, 6) is -0.215. The van der Waals surface area contributed by atoms with Crippen molar-refractivity contribution in [3.63, 3.8) is 0 Å². The van der Waals surface area contributed by atoms with Crippen molar-refractivity contribution >= 4 is 44.5 Å². The van der Waals surface area contributed by atoms with Crippen molar-refractivity contribution in [3.05, 3.63) is 70.8 Å². The van der Waals surface area contributed by atoms with Gasteiger partial charge in [-0.3, -0.25) is 9.59 Å². The van der Waals surface area contributed by atoms with Gasteiger partial charge in [0.25, 0.3) is 0 Å². The summed E-state index contributed by atoms with van der Waals surface area (Å²) < 4.78 is 0. The quantitative estimate of drug-likeness (QED) is 0.642. The second-order valence-corrected chi connectivity index (χ2v) is 9.04. The van der Waals surface area contributed by atoms with Crippen LogP contribution in [0.4, 0.5) is 0 Å². The molecule has 116 valence electrons. The highest BCUT2D eigenvalue weighted by molar-refractivity contribution is 8.14. The molecule has 4 heteroatoms. The first-order valence-electron chi connectivity index (χ1n) is 8.08. The van der Waals surface area contributed by atoms with Gasteiger partial charge in [0.1, 0.15) is 0 Å². The number of allylic oxidation sites excluding steroid dienone is 2. The molecule has 0 saturated carbocycles. The van der Waals surface area contributed by atoms with Crippen molar-refractivity contribution in [2.75, 3.05) is 0 Å². The molecule has 2 aromatic carbocycles. The van der Waals surface area contributed by atoms with E-state index in [1.807, 2.05) is 12.2 Å². The largest absolute Gasteiger partial charge is 0.286 e. The molecule has 6 aliphatic rings. The summed E-state index contributed by atoms with van der Waals surface area (Å²) in [6.07, 6.45) is 8.40. The lowest BCUT2D eigenvalue weighted by molar-refractivity contribution is -0.112. The third kappa shape index (κ3) is 1.60. The molecule has 4 unspecified atom stereocenters. The Morgan fingerprint density at radius 3 is 1.42 bits per heavy atom. The number of hydrogen-bond donors (Lipinski definition) is 0. The maximum Gasteiger partial charge on any atom is 0.201 e. The molecule has 0 saturated heterocycles. The van der Waals surface area contributed by atoms with E-state index in [0.29, 0.717) is 0 Å². The van der Waals surface area contributed by atoms with Crippen LogP contribution in [0.2, 0.25) is 0 Å². The fourth-order valence-corrected chi connectivity index (χ4v) is 6.51. The van der Waals surface area contributed by atoms with Crippen LogP contribution >= 0.6 is 23.5 Å². The molecule has 4 bridgehead atoms. The Labute approximate surface area is 147 Å². The predicted molar refractivity (Wildman–Crippen MR) is 98.4 cm³/mol. The number of carbonyl (C=O) groups is 2. The fraction of sp³-hybridized carbons (Fsp3) is 0.200. The van der Waals surface area contributed by atoms with Gasteiger partial charge in [0.2, 0.25) is 10.2 Å². The van der Waals surface area contributed by atoms with Crippen LogP contribution in [0.5, 0.6) is 0 Å². The minimum Gasteiger partial charge on any atom is -0.286 e. The van der Waals surface area contributed by atoms with Crippen molar-refractivity contribution in [2.24, 2.45) is 0 Å². The summed E-state index contributed by atoms with van der Waals surface area (Å²) >= 11 is 2.89. The lowest BCUT2D eigenvalue weighted by atomic mass is 9.82. The molecule has 2 nitrogen and oxygen atoms in total. The average molecular weight is 348 g/mol. The Morgan fingerprint density at radius 1 is 0.583 bits per heavy atom. The van der Waals surface area contributed by atoms with E-state index < -0.39 is 0 Å². The molecule has 4 atom stereocenters. The smallest absolute Gasteiger partial charge is 0.201 e. The van der Waals surface area contributed by atoms with Crippen LogP contribution in [0.3, 0.4) is 0 Å². The first-order valence-corrected chi connectivity index (χ1v) is 9.84. The Bertz CT molecular complexity index is 955. The fourth-order valence-electron chi connectivity index (χ4n) is 4.30. The Kier molecular flexibility index (Phi) is 2.50. The highest BCUT2D eigenvalue weighted by atomic mass is 32.2. The van der Waals surface area contributed by atoms with Gasteiger partial charge in [-0.2, -0.15) is 0 Å². The summed E-state index contributed by atoms with van der Waals surface area (Å²) in [4.78, 5) is 24.4. The van der Waals surface area contributed by atoms with Crippen LogP contribution < -0.4 is 0 Å². The first-order chi connectivity index (χ1) is 11.7. The van der Waals surface area contributed by atoms with Gasteiger partial charge in [0.15, 0.2) is 0 Å². The number of fused-ring (bicyclic) bond motifs is 3. The predicted octanol–water partition coefficient (Wildman–Crippen LogP) is 4.78. The number of hydrogen-bond acceptors (Lipinski definition) is 4. The maximum atomic E-state index is 12.2. The van der Waals surface area contributed by atoms with Gasteiger partial charge in [0, 0.05) is 0 Å². The molecular weight excluding hydrogens is 336 g/mol. The van der Waals surface area contributed by atoms with E-state index in [0.717, 1.165) is 16.5 Å². The van der Waals surface area contributed by atoms with Crippen LogP contribution in [-0.4, -0.2) is 10.2 Å². The van der Waals surface area contributed by atoms with Gasteiger partial charge < -0.3 is 0 Å². The molecule has 2 aromatic rings. The van der Waals surface area contributed by atoms with E-state index in [1.54, 1.807) is 0 Å². The molecule has 0 spiro atoms. The van der Waals surface area contributed by atoms with Crippen LogP contribution in [-0.2, 0) is 9.59 Å². The summed E-state index contributed by atoms with van der Waals surface area (Å²) in [6.45, 7) is 0. The van der Waals surface area contributed by atoms with Gasteiger partial charge in [-0.15, -0.1) is 0 Å². The normalized spacial score (nSPS) is 31.7. The van der Waals surface area contributed by atoms with Crippen LogP contribution in [0, 0.1) is 0 Å². The minimum atomic E-state index is -0.107.